The highest BCUT2D eigenvalue weighted by atomic mass is 32.1. The quantitative estimate of drug-likeness (QED) is 0.113. The lowest BCUT2D eigenvalue weighted by molar-refractivity contribution is -0.123. The van der Waals surface area contributed by atoms with Crippen LogP contribution in [-0.2, 0) is 20.9 Å². The van der Waals surface area contributed by atoms with Crippen molar-refractivity contribution >= 4 is 44.7 Å². The highest BCUT2D eigenvalue weighted by Gasteiger charge is 2.15. The summed E-state index contributed by atoms with van der Waals surface area (Å²) in [5.41, 5.74) is 3.75. The average molecular weight is 585 g/mol. The van der Waals surface area contributed by atoms with Gasteiger partial charge >= 0.3 is 0 Å². The molecule has 3 N–H and O–H groups in total. The average Bonchev–Trinajstić information content (AvgIpc) is 3.43. The van der Waals surface area contributed by atoms with Crippen molar-refractivity contribution in [2.45, 2.75) is 13.0 Å². The van der Waals surface area contributed by atoms with Crippen molar-refractivity contribution < 1.29 is 23.5 Å². The second-order valence-corrected chi connectivity index (χ2v) is 10.4. The Balaban J connectivity index is 1.25. The number of thiophene rings is 1. The molecule has 0 atom stereocenters. The number of hydrogen-bond donors (Lipinski definition) is 3. The van der Waals surface area contributed by atoms with E-state index in [1.165, 1.54) is 23.5 Å². The lowest BCUT2D eigenvalue weighted by Crippen LogP contribution is -2.21. The van der Waals surface area contributed by atoms with Crippen LogP contribution in [0.3, 0.4) is 0 Å². The second-order valence-electron chi connectivity index (χ2n) is 9.39. The van der Waals surface area contributed by atoms with Gasteiger partial charge in [0.05, 0.1) is 16.8 Å². The molecule has 10 heteroatoms. The van der Waals surface area contributed by atoms with Crippen LogP contribution in [0.1, 0.15) is 12.0 Å². The fraction of sp³-hybridized carbons (Fsp3) is 0.156. The Morgan fingerprint density at radius 1 is 0.881 bits per heavy atom. The van der Waals surface area contributed by atoms with E-state index in [9.17, 15) is 9.59 Å². The standard InChI is InChI=1S/C32H29FN4O4S/c1-40-15-14-34-20-21-6-5-7-22(16-21)29-18-26-32(42-29)28(12-13-35-26)41-27-11-10-24(17-25(27)33)37-31(39)19-30(38)36-23-8-3-2-4-9-23/h2-13,16-18,34H,14-15,19-20H2,1H3,(H,36,38)(H,37,39). The van der Waals surface area contributed by atoms with Gasteiger partial charge in [-0.05, 0) is 47.5 Å². The number of nitrogens with zero attached hydrogens (tertiary/aromatic N) is 1. The summed E-state index contributed by atoms with van der Waals surface area (Å²) in [7, 11) is 1.68. The molecule has 0 bridgehead atoms. The Labute approximate surface area is 246 Å². The van der Waals surface area contributed by atoms with E-state index < -0.39 is 24.1 Å². The number of carbonyl (C=O) groups is 2. The summed E-state index contributed by atoms with van der Waals surface area (Å²) < 4.78 is 26.9. The molecule has 42 heavy (non-hydrogen) atoms. The number of para-hydroxylation sites is 1. The molecule has 0 fully saturated rings. The van der Waals surface area contributed by atoms with E-state index in [0.29, 0.717) is 18.0 Å². The predicted molar refractivity (Wildman–Crippen MR) is 163 cm³/mol. The Morgan fingerprint density at radius 2 is 1.69 bits per heavy atom. The molecular formula is C32H29FN4O4S. The number of amides is 2. The highest BCUT2D eigenvalue weighted by molar-refractivity contribution is 7.22. The molecule has 2 aromatic heterocycles. The van der Waals surface area contributed by atoms with Gasteiger partial charge in [0.1, 0.15) is 12.2 Å². The van der Waals surface area contributed by atoms with Crippen LogP contribution in [0.5, 0.6) is 11.5 Å². The summed E-state index contributed by atoms with van der Waals surface area (Å²) in [5, 5.41) is 8.54. The first-order valence-corrected chi connectivity index (χ1v) is 14.1. The molecule has 0 saturated carbocycles. The van der Waals surface area contributed by atoms with E-state index in [4.69, 9.17) is 9.47 Å². The smallest absolute Gasteiger partial charge is 0.233 e. The van der Waals surface area contributed by atoms with Gasteiger partial charge in [-0.1, -0.05) is 36.4 Å². The first-order valence-electron chi connectivity index (χ1n) is 13.3. The third-order valence-electron chi connectivity index (χ3n) is 6.21. The van der Waals surface area contributed by atoms with Gasteiger partial charge in [0.2, 0.25) is 11.8 Å². The zero-order valence-corrected chi connectivity index (χ0v) is 23.7. The molecule has 0 aliphatic heterocycles. The van der Waals surface area contributed by atoms with Crippen LogP contribution < -0.4 is 20.7 Å². The van der Waals surface area contributed by atoms with Crippen LogP contribution in [0.4, 0.5) is 15.8 Å². The molecule has 5 rings (SSSR count). The molecule has 0 spiro atoms. The number of fused-ring (bicyclic) bond motifs is 1. The van der Waals surface area contributed by atoms with Crippen molar-refractivity contribution in [3.8, 4) is 21.9 Å². The molecule has 2 heterocycles. The summed E-state index contributed by atoms with van der Waals surface area (Å²) >= 11 is 1.52. The molecule has 0 aliphatic carbocycles. The summed E-state index contributed by atoms with van der Waals surface area (Å²) in [6, 6.07) is 24.9. The van der Waals surface area contributed by atoms with Gasteiger partial charge in [-0.2, -0.15) is 0 Å². The zero-order valence-electron chi connectivity index (χ0n) is 22.9. The number of aromatic nitrogens is 1. The van der Waals surface area contributed by atoms with E-state index in [2.05, 4.69) is 33.1 Å². The molecule has 214 valence electrons. The third kappa shape index (κ3) is 7.55. The predicted octanol–water partition coefficient (Wildman–Crippen LogP) is 6.60. The van der Waals surface area contributed by atoms with Gasteiger partial charge in [-0.3, -0.25) is 14.6 Å². The van der Waals surface area contributed by atoms with Crippen LogP contribution >= 0.6 is 11.3 Å². The number of carbonyl (C=O) groups excluding carboxylic acids is 2. The largest absolute Gasteiger partial charge is 0.453 e. The number of rotatable bonds is 12. The van der Waals surface area contributed by atoms with E-state index in [1.807, 2.05) is 24.3 Å². The van der Waals surface area contributed by atoms with Crippen molar-refractivity contribution in [1.29, 1.82) is 0 Å². The first kappa shape index (κ1) is 28.9. The molecule has 0 aliphatic rings. The monoisotopic (exact) mass is 584 g/mol. The maximum Gasteiger partial charge on any atom is 0.233 e. The third-order valence-corrected chi connectivity index (χ3v) is 7.40. The van der Waals surface area contributed by atoms with Crippen LogP contribution in [0.2, 0.25) is 0 Å². The lowest BCUT2D eigenvalue weighted by atomic mass is 10.1. The van der Waals surface area contributed by atoms with Gasteiger partial charge < -0.3 is 25.4 Å². The number of anilines is 2. The molecular weight excluding hydrogens is 555 g/mol. The first-order chi connectivity index (χ1) is 20.5. The van der Waals surface area contributed by atoms with Crippen LogP contribution in [0, 0.1) is 5.82 Å². The minimum atomic E-state index is -0.656. The van der Waals surface area contributed by atoms with Crippen molar-refractivity contribution in [1.82, 2.24) is 10.3 Å². The Hall–Kier alpha value is -4.64. The summed E-state index contributed by atoms with van der Waals surface area (Å²) in [5.74, 6) is -1.21. The molecule has 0 saturated heterocycles. The van der Waals surface area contributed by atoms with Gasteiger partial charge in [0, 0.05) is 54.8 Å². The second kappa shape index (κ2) is 13.8. The Morgan fingerprint density at radius 3 is 2.48 bits per heavy atom. The van der Waals surface area contributed by atoms with E-state index in [-0.39, 0.29) is 11.4 Å². The molecule has 0 unspecified atom stereocenters. The number of halogens is 1. The van der Waals surface area contributed by atoms with E-state index in [1.54, 1.807) is 43.6 Å². The number of methoxy groups -OCH3 is 1. The van der Waals surface area contributed by atoms with Crippen molar-refractivity contribution in [2.24, 2.45) is 0 Å². The molecule has 5 aromatic rings. The summed E-state index contributed by atoms with van der Waals surface area (Å²) in [4.78, 5) is 30.0. The lowest BCUT2D eigenvalue weighted by Gasteiger charge is -2.10. The highest BCUT2D eigenvalue weighted by Crippen LogP contribution is 2.40. The number of pyridine rings is 1. The SMILES string of the molecule is COCCNCc1cccc(-c2cc3nccc(Oc4ccc(NC(=O)CC(=O)Nc5ccccc5)cc4F)c3s2)c1. The van der Waals surface area contributed by atoms with Crippen molar-refractivity contribution in [3.05, 3.63) is 103 Å². The normalized spacial score (nSPS) is 10.9. The number of benzene rings is 3. The molecule has 0 radical (unpaired) electrons. The molecule has 8 nitrogen and oxygen atoms in total. The van der Waals surface area contributed by atoms with Crippen LogP contribution in [0.25, 0.3) is 20.7 Å². The van der Waals surface area contributed by atoms with E-state index in [0.717, 1.165) is 45.4 Å². The minimum absolute atomic E-state index is 0.00130. The summed E-state index contributed by atoms with van der Waals surface area (Å²) in [6.07, 6.45) is 1.22. The van der Waals surface area contributed by atoms with Crippen molar-refractivity contribution in [3.63, 3.8) is 0 Å². The fourth-order valence-electron chi connectivity index (χ4n) is 4.24. The Kier molecular flexibility index (Phi) is 9.50. The maximum absolute atomic E-state index is 15.0. The van der Waals surface area contributed by atoms with Gasteiger partial charge in [0.15, 0.2) is 11.6 Å². The van der Waals surface area contributed by atoms with Gasteiger partial charge in [0.25, 0.3) is 0 Å². The number of nitrogens with one attached hydrogen (secondary N) is 3. The topological polar surface area (TPSA) is 102 Å². The van der Waals surface area contributed by atoms with Gasteiger partial charge in [-0.15, -0.1) is 11.3 Å². The summed E-state index contributed by atoms with van der Waals surface area (Å²) in [6.45, 7) is 2.14. The zero-order chi connectivity index (χ0) is 29.3. The minimum Gasteiger partial charge on any atom is -0.453 e. The van der Waals surface area contributed by atoms with Gasteiger partial charge in [-0.25, -0.2) is 4.39 Å². The van der Waals surface area contributed by atoms with Crippen LogP contribution in [0.15, 0.2) is 91.1 Å². The molecule has 3 aromatic carbocycles. The fourth-order valence-corrected chi connectivity index (χ4v) is 5.30. The maximum atomic E-state index is 15.0. The number of hydrogen-bond acceptors (Lipinski definition) is 7. The Bertz CT molecular complexity index is 1690. The van der Waals surface area contributed by atoms with Crippen molar-refractivity contribution in [2.75, 3.05) is 30.9 Å². The molecule has 2 amide bonds. The van der Waals surface area contributed by atoms with Crippen LogP contribution in [-0.4, -0.2) is 37.1 Å². The van der Waals surface area contributed by atoms with E-state index >= 15 is 4.39 Å². The number of ether oxygens (including phenoxy) is 2.